The summed E-state index contributed by atoms with van der Waals surface area (Å²) in [5.41, 5.74) is 0.586. The Morgan fingerprint density at radius 3 is 2.11 bits per heavy atom. The molecule has 2 aromatic rings. The van der Waals surface area contributed by atoms with Crippen molar-refractivity contribution in [2.45, 2.75) is 57.1 Å². The molecule has 0 bridgehead atoms. The molecule has 0 aliphatic rings. The lowest BCUT2D eigenvalue weighted by Gasteiger charge is -2.32. The van der Waals surface area contributed by atoms with Gasteiger partial charge in [0.2, 0.25) is 21.8 Å². The second kappa shape index (κ2) is 12.9. The van der Waals surface area contributed by atoms with E-state index in [0.29, 0.717) is 27.1 Å². The summed E-state index contributed by atoms with van der Waals surface area (Å²) in [6, 6.07) is 9.64. The molecule has 0 fully saturated rings. The molecule has 0 heterocycles. The van der Waals surface area contributed by atoms with Crippen molar-refractivity contribution in [2.75, 3.05) is 13.6 Å². The van der Waals surface area contributed by atoms with Gasteiger partial charge in [-0.25, -0.2) is 8.42 Å². The zero-order chi connectivity index (χ0) is 26.3. The maximum absolute atomic E-state index is 13.5. The van der Waals surface area contributed by atoms with Gasteiger partial charge in [0.1, 0.15) is 6.04 Å². The number of hydrogen-bond donors (Lipinski definition) is 1. The number of hydrogen-bond acceptors (Lipinski definition) is 4. The van der Waals surface area contributed by atoms with E-state index >= 15 is 0 Å². The van der Waals surface area contributed by atoms with Gasteiger partial charge in [0.05, 0.1) is 11.4 Å². The molecular weight excluding hydrogens is 533 g/mol. The van der Waals surface area contributed by atoms with Crippen LogP contribution in [0.25, 0.3) is 0 Å². The molecule has 1 N–H and O–H groups in total. The first kappa shape index (κ1) is 29.4. The Morgan fingerprint density at radius 2 is 1.57 bits per heavy atom. The zero-order valence-corrected chi connectivity index (χ0v) is 23.2. The number of likely N-dealkylation sites (N-methyl/N-ethyl adjacent to an activating group) is 1. The summed E-state index contributed by atoms with van der Waals surface area (Å²) in [7, 11) is -2.65. The molecule has 7 nitrogen and oxygen atoms in total. The van der Waals surface area contributed by atoms with Gasteiger partial charge in [-0.05, 0) is 61.7 Å². The van der Waals surface area contributed by atoms with Gasteiger partial charge in [-0.2, -0.15) is 4.31 Å². The quantitative estimate of drug-likeness (QED) is 0.418. The second-order valence-corrected chi connectivity index (χ2v) is 11.5. The summed E-state index contributed by atoms with van der Waals surface area (Å²) in [6.07, 6.45) is 1.05. The van der Waals surface area contributed by atoms with Gasteiger partial charge in [0, 0.05) is 34.7 Å². The minimum Gasteiger partial charge on any atom is -0.352 e. The molecule has 0 saturated heterocycles. The smallest absolute Gasteiger partial charge is 0.243 e. The number of carbonyl (C=O) groups is 2. The van der Waals surface area contributed by atoms with Gasteiger partial charge >= 0.3 is 0 Å². The summed E-state index contributed by atoms with van der Waals surface area (Å²) in [5, 5.41) is 4.08. The molecule has 0 aliphatic heterocycles. The van der Waals surface area contributed by atoms with Gasteiger partial charge in [-0.3, -0.25) is 9.59 Å². The van der Waals surface area contributed by atoms with E-state index < -0.39 is 28.5 Å². The van der Waals surface area contributed by atoms with Crippen LogP contribution in [0.4, 0.5) is 0 Å². The van der Waals surface area contributed by atoms with Gasteiger partial charge in [-0.1, -0.05) is 54.7 Å². The summed E-state index contributed by atoms with van der Waals surface area (Å²) >= 11 is 18.2. The van der Waals surface area contributed by atoms with Crippen LogP contribution >= 0.6 is 34.8 Å². The molecule has 35 heavy (non-hydrogen) atoms. The summed E-state index contributed by atoms with van der Waals surface area (Å²) < 4.78 is 27.0. The molecule has 192 valence electrons. The van der Waals surface area contributed by atoms with Crippen molar-refractivity contribution in [1.82, 2.24) is 14.5 Å². The highest BCUT2D eigenvalue weighted by molar-refractivity contribution is 7.89. The fourth-order valence-corrected chi connectivity index (χ4v) is 5.06. The van der Waals surface area contributed by atoms with Crippen molar-refractivity contribution in [3.05, 3.63) is 63.1 Å². The number of rotatable bonds is 11. The Balaban J connectivity index is 2.37. The first-order valence-corrected chi connectivity index (χ1v) is 13.7. The minimum atomic E-state index is -3.96. The van der Waals surface area contributed by atoms with Crippen LogP contribution in [0.15, 0.2) is 47.4 Å². The average Bonchev–Trinajstić information content (AvgIpc) is 2.80. The standard InChI is InChI=1S/C24H30Cl3N3O4S/c1-5-16(3)28-24(32)22(6-2)30(14-17-7-8-19(26)13-21(17)27)23(31)15-29(4)35(33,34)20-11-9-18(25)10-12-20/h7-13,16,22H,5-6,14-15H2,1-4H3,(H,28,32)/t16-,22+/m1/s1. The molecule has 0 saturated carbocycles. The number of carbonyl (C=O) groups excluding carboxylic acids is 2. The zero-order valence-electron chi connectivity index (χ0n) is 20.1. The molecule has 2 amide bonds. The summed E-state index contributed by atoms with van der Waals surface area (Å²) in [4.78, 5) is 27.9. The van der Waals surface area contributed by atoms with E-state index in [4.69, 9.17) is 34.8 Å². The van der Waals surface area contributed by atoms with Crippen LogP contribution in [0.1, 0.15) is 39.2 Å². The Bertz CT molecular complexity index is 1140. The third kappa shape index (κ3) is 7.82. The lowest BCUT2D eigenvalue weighted by atomic mass is 10.1. The van der Waals surface area contributed by atoms with E-state index in [1.165, 1.54) is 36.2 Å². The first-order valence-electron chi connectivity index (χ1n) is 11.2. The molecule has 0 spiro atoms. The number of benzene rings is 2. The Labute approximate surface area is 222 Å². The Morgan fingerprint density at radius 1 is 0.971 bits per heavy atom. The van der Waals surface area contributed by atoms with Crippen LogP contribution in [0.5, 0.6) is 0 Å². The molecule has 0 aromatic heterocycles. The normalized spacial score (nSPS) is 13.4. The predicted molar refractivity (Wildman–Crippen MR) is 140 cm³/mol. The highest BCUT2D eigenvalue weighted by atomic mass is 35.5. The number of nitrogens with one attached hydrogen (secondary N) is 1. The number of sulfonamides is 1. The molecule has 11 heteroatoms. The van der Waals surface area contributed by atoms with Crippen LogP contribution in [-0.2, 0) is 26.2 Å². The van der Waals surface area contributed by atoms with E-state index in [9.17, 15) is 18.0 Å². The average molecular weight is 563 g/mol. The van der Waals surface area contributed by atoms with Crippen LogP contribution < -0.4 is 5.32 Å². The fourth-order valence-electron chi connectivity index (χ4n) is 3.35. The van der Waals surface area contributed by atoms with Crippen LogP contribution in [0.3, 0.4) is 0 Å². The lowest BCUT2D eigenvalue weighted by molar-refractivity contribution is -0.141. The number of halogens is 3. The lowest BCUT2D eigenvalue weighted by Crippen LogP contribution is -2.53. The first-order chi connectivity index (χ1) is 16.4. The molecule has 0 radical (unpaired) electrons. The van der Waals surface area contributed by atoms with E-state index in [2.05, 4.69) is 5.32 Å². The van der Waals surface area contributed by atoms with E-state index in [1.54, 1.807) is 25.1 Å². The van der Waals surface area contributed by atoms with E-state index in [0.717, 1.165) is 10.7 Å². The van der Waals surface area contributed by atoms with Gasteiger partial charge in [-0.15, -0.1) is 0 Å². The van der Waals surface area contributed by atoms with Crippen molar-refractivity contribution in [1.29, 1.82) is 0 Å². The third-order valence-electron chi connectivity index (χ3n) is 5.62. The topological polar surface area (TPSA) is 86.8 Å². The predicted octanol–water partition coefficient (Wildman–Crippen LogP) is 4.99. The minimum absolute atomic E-state index is 0.00560. The van der Waals surface area contributed by atoms with Crippen LogP contribution in [0, 0.1) is 0 Å². The highest BCUT2D eigenvalue weighted by Gasteiger charge is 2.32. The summed E-state index contributed by atoms with van der Waals surface area (Å²) in [6.45, 7) is 5.15. The van der Waals surface area contributed by atoms with Crippen molar-refractivity contribution < 1.29 is 18.0 Å². The van der Waals surface area contributed by atoms with Crippen molar-refractivity contribution in [3.63, 3.8) is 0 Å². The Hall–Kier alpha value is -1.84. The Kier molecular flexibility index (Phi) is 10.9. The largest absolute Gasteiger partial charge is 0.352 e. The monoisotopic (exact) mass is 561 g/mol. The van der Waals surface area contributed by atoms with Crippen molar-refractivity contribution >= 4 is 56.6 Å². The molecule has 2 rings (SSSR count). The van der Waals surface area contributed by atoms with Crippen LogP contribution in [0.2, 0.25) is 15.1 Å². The van der Waals surface area contributed by atoms with Gasteiger partial charge in [0.15, 0.2) is 0 Å². The summed E-state index contributed by atoms with van der Waals surface area (Å²) in [5.74, 6) is -0.856. The van der Waals surface area contributed by atoms with Gasteiger partial charge < -0.3 is 10.2 Å². The molecule has 2 aromatic carbocycles. The maximum atomic E-state index is 13.5. The molecular formula is C24H30Cl3N3O4S. The fraction of sp³-hybridized carbons (Fsp3) is 0.417. The molecule has 2 atom stereocenters. The maximum Gasteiger partial charge on any atom is 0.243 e. The van der Waals surface area contributed by atoms with Crippen molar-refractivity contribution in [2.24, 2.45) is 0 Å². The number of amides is 2. The number of nitrogens with zero attached hydrogens (tertiary/aromatic N) is 2. The molecule has 0 aliphatic carbocycles. The second-order valence-electron chi connectivity index (χ2n) is 8.21. The van der Waals surface area contributed by atoms with Crippen LogP contribution in [-0.4, -0.2) is 55.1 Å². The SMILES string of the molecule is CC[C@@H](C)NC(=O)[C@H](CC)N(Cc1ccc(Cl)cc1Cl)C(=O)CN(C)S(=O)(=O)c1ccc(Cl)cc1. The third-order valence-corrected chi connectivity index (χ3v) is 8.28. The van der Waals surface area contributed by atoms with E-state index in [1.807, 2.05) is 13.8 Å². The van der Waals surface area contributed by atoms with Crippen molar-refractivity contribution in [3.8, 4) is 0 Å². The highest BCUT2D eigenvalue weighted by Crippen LogP contribution is 2.24. The van der Waals surface area contributed by atoms with Gasteiger partial charge in [0.25, 0.3) is 0 Å². The molecule has 0 unspecified atom stereocenters. The van der Waals surface area contributed by atoms with E-state index in [-0.39, 0.29) is 23.4 Å².